The van der Waals surface area contributed by atoms with E-state index < -0.39 is 50.6 Å². The monoisotopic (exact) mass is 484 g/mol. The van der Waals surface area contributed by atoms with Crippen LogP contribution in [-0.2, 0) is 29.2 Å². The Morgan fingerprint density at radius 3 is 2.06 bits per heavy atom. The summed E-state index contributed by atoms with van der Waals surface area (Å²) in [6.45, 7) is 5.58. The maximum atomic E-state index is 13.3. The van der Waals surface area contributed by atoms with Gasteiger partial charge in [-0.2, -0.15) is 21.6 Å². The summed E-state index contributed by atoms with van der Waals surface area (Å²) in [7, 11) is -5.02. The molecule has 184 valence electrons. The van der Waals surface area contributed by atoms with Crippen LogP contribution >= 0.6 is 0 Å². The van der Waals surface area contributed by atoms with Crippen LogP contribution in [0.15, 0.2) is 0 Å². The van der Waals surface area contributed by atoms with E-state index in [0.29, 0.717) is 38.5 Å². The number of halogens is 3. The average molecular weight is 485 g/mol. The molecule has 4 aliphatic rings. The van der Waals surface area contributed by atoms with Crippen LogP contribution in [0.4, 0.5) is 13.2 Å². The third kappa shape index (κ3) is 4.93. The van der Waals surface area contributed by atoms with Gasteiger partial charge in [0.25, 0.3) is 10.1 Å². The zero-order chi connectivity index (χ0) is 24.2. The number of carbonyl (C=O) groups excluding carboxylic acids is 2. The second-order valence-corrected chi connectivity index (χ2v) is 11.8. The van der Waals surface area contributed by atoms with Gasteiger partial charge in [0.2, 0.25) is 6.10 Å². The van der Waals surface area contributed by atoms with E-state index in [9.17, 15) is 31.2 Å². The molecule has 11 heteroatoms. The Kier molecular flexibility index (Phi) is 6.43. The van der Waals surface area contributed by atoms with Crippen molar-refractivity contribution in [2.45, 2.75) is 90.0 Å². The number of carbonyl (C=O) groups is 2. The van der Waals surface area contributed by atoms with Crippen molar-refractivity contribution in [1.29, 1.82) is 0 Å². The lowest BCUT2D eigenvalue weighted by atomic mass is 9.48. The molecule has 0 radical (unpaired) electrons. The molecule has 0 saturated heterocycles. The Labute approximate surface area is 186 Å². The van der Waals surface area contributed by atoms with E-state index in [4.69, 9.17) is 14.0 Å². The van der Waals surface area contributed by atoms with Gasteiger partial charge < -0.3 is 9.47 Å². The average Bonchev–Trinajstić information content (AvgIpc) is 2.63. The maximum Gasteiger partial charge on any atom is 0.426 e. The van der Waals surface area contributed by atoms with Crippen molar-refractivity contribution in [2.24, 2.45) is 22.7 Å². The van der Waals surface area contributed by atoms with Gasteiger partial charge in [0.05, 0.1) is 10.8 Å². The molecule has 0 spiro atoms. The SMILES string of the molecule is CCC(C)(CC)C(=O)OC12CC3CC(C1)CC(C(=O)OC(CS(=O)(=O)O)C(F)(F)F)(C3)C2. The van der Waals surface area contributed by atoms with Crippen molar-refractivity contribution in [2.75, 3.05) is 5.75 Å². The predicted octanol–water partition coefficient (Wildman–Crippen LogP) is 4.06. The molecule has 32 heavy (non-hydrogen) atoms. The normalized spacial score (nSPS) is 33.1. The zero-order valence-corrected chi connectivity index (χ0v) is 19.4. The lowest BCUT2D eigenvalue weighted by molar-refractivity contribution is -0.239. The Balaban J connectivity index is 1.84. The molecular weight excluding hydrogens is 453 g/mol. The molecule has 3 atom stereocenters. The maximum absolute atomic E-state index is 13.3. The first kappa shape index (κ1) is 25.3. The molecule has 0 aliphatic heterocycles. The van der Waals surface area contributed by atoms with Crippen molar-refractivity contribution in [3.05, 3.63) is 0 Å². The van der Waals surface area contributed by atoms with Crippen LogP contribution in [0.1, 0.15) is 72.1 Å². The Morgan fingerprint density at radius 1 is 1.09 bits per heavy atom. The van der Waals surface area contributed by atoms with E-state index in [-0.39, 0.29) is 24.2 Å². The van der Waals surface area contributed by atoms with E-state index in [1.165, 1.54) is 0 Å². The largest absolute Gasteiger partial charge is 0.459 e. The summed E-state index contributed by atoms with van der Waals surface area (Å²) in [5.74, 6) is -3.23. The minimum atomic E-state index is -5.15. The first-order valence-corrected chi connectivity index (χ1v) is 12.6. The van der Waals surface area contributed by atoms with Crippen LogP contribution in [0.5, 0.6) is 0 Å². The summed E-state index contributed by atoms with van der Waals surface area (Å²) < 4.78 is 81.6. The molecule has 0 amide bonds. The number of esters is 2. The highest BCUT2D eigenvalue weighted by molar-refractivity contribution is 7.85. The molecule has 0 aromatic rings. The fraction of sp³-hybridized carbons (Fsp3) is 0.905. The minimum Gasteiger partial charge on any atom is -0.459 e. The number of alkyl halides is 3. The smallest absolute Gasteiger partial charge is 0.426 e. The van der Waals surface area contributed by atoms with Crippen LogP contribution in [0.25, 0.3) is 0 Å². The van der Waals surface area contributed by atoms with E-state index in [0.717, 1.165) is 6.42 Å². The van der Waals surface area contributed by atoms with Gasteiger partial charge in [-0.15, -0.1) is 0 Å². The van der Waals surface area contributed by atoms with Crippen LogP contribution in [0, 0.1) is 22.7 Å². The van der Waals surface area contributed by atoms with Crippen LogP contribution in [0.2, 0.25) is 0 Å². The summed E-state index contributed by atoms with van der Waals surface area (Å²) in [6.07, 6.45) is -4.35. The van der Waals surface area contributed by atoms with E-state index in [1.807, 2.05) is 20.8 Å². The van der Waals surface area contributed by atoms with Gasteiger partial charge in [0.1, 0.15) is 11.4 Å². The van der Waals surface area contributed by atoms with Crippen molar-refractivity contribution in [3.8, 4) is 0 Å². The van der Waals surface area contributed by atoms with Crippen molar-refractivity contribution in [1.82, 2.24) is 0 Å². The fourth-order valence-electron chi connectivity index (χ4n) is 6.04. The van der Waals surface area contributed by atoms with Crippen LogP contribution < -0.4 is 0 Å². The molecule has 4 rings (SSSR count). The van der Waals surface area contributed by atoms with Gasteiger partial charge in [-0.05, 0) is 63.7 Å². The second-order valence-electron chi connectivity index (χ2n) is 10.3. The molecule has 4 fully saturated rings. The summed E-state index contributed by atoms with van der Waals surface area (Å²) in [4.78, 5) is 26.0. The van der Waals surface area contributed by atoms with Crippen molar-refractivity contribution < 1.29 is 45.2 Å². The highest BCUT2D eigenvalue weighted by atomic mass is 32.2. The summed E-state index contributed by atoms with van der Waals surface area (Å²) in [5.41, 5.74) is -2.88. The van der Waals surface area contributed by atoms with Crippen LogP contribution in [0.3, 0.4) is 0 Å². The zero-order valence-electron chi connectivity index (χ0n) is 18.5. The number of hydrogen-bond donors (Lipinski definition) is 1. The Bertz CT molecular complexity index is 849. The topological polar surface area (TPSA) is 107 Å². The van der Waals surface area contributed by atoms with Gasteiger partial charge in [-0.3, -0.25) is 14.1 Å². The second kappa shape index (κ2) is 8.14. The molecule has 1 N–H and O–H groups in total. The van der Waals surface area contributed by atoms with Gasteiger partial charge in [-0.1, -0.05) is 13.8 Å². The quantitative estimate of drug-likeness (QED) is 0.409. The third-order valence-electron chi connectivity index (χ3n) is 7.78. The first-order valence-electron chi connectivity index (χ1n) is 11.0. The predicted molar refractivity (Wildman–Crippen MR) is 107 cm³/mol. The highest BCUT2D eigenvalue weighted by Gasteiger charge is 2.64. The molecule has 0 aromatic heterocycles. The standard InChI is InChI=1S/C21H31F3O7S/c1-4-18(3,5-2)16(25)31-20-9-13-6-14(10-20)8-19(7-13,12-20)17(26)30-15(21(22,23)24)11-32(27,28)29/h13-15H,4-12H2,1-3H3,(H,27,28,29). The fourth-order valence-corrected chi connectivity index (χ4v) is 6.68. The van der Waals surface area contributed by atoms with E-state index >= 15 is 0 Å². The molecule has 4 saturated carbocycles. The van der Waals surface area contributed by atoms with Crippen molar-refractivity contribution >= 4 is 22.1 Å². The molecule has 7 nitrogen and oxygen atoms in total. The van der Waals surface area contributed by atoms with E-state index in [1.54, 1.807) is 0 Å². The molecule has 4 aliphatic carbocycles. The highest BCUT2D eigenvalue weighted by Crippen LogP contribution is 2.63. The number of hydrogen-bond acceptors (Lipinski definition) is 6. The molecule has 0 heterocycles. The van der Waals surface area contributed by atoms with Gasteiger partial charge >= 0.3 is 18.1 Å². The molecule has 4 bridgehead atoms. The van der Waals surface area contributed by atoms with Gasteiger partial charge in [0.15, 0.2) is 0 Å². The first-order chi connectivity index (χ1) is 14.6. The number of rotatable bonds is 8. The minimum absolute atomic E-state index is 0.0111. The van der Waals surface area contributed by atoms with Crippen LogP contribution in [-0.4, -0.2) is 48.5 Å². The summed E-state index contributed by atoms with van der Waals surface area (Å²) in [5, 5.41) is 0. The molecule has 3 unspecified atom stereocenters. The van der Waals surface area contributed by atoms with Gasteiger partial charge in [-0.25, -0.2) is 0 Å². The Morgan fingerprint density at radius 2 is 1.62 bits per heavy atom. The Hall–Kier alpha value is -1.36. The summed E-state index contributed by atoms with van der Waals surface area (Å²) >= 11 is 0. The third-order valence-corrected chi connectivity index (χ3v) is 8.50. The lowest BCUT2D eigenvalue weighted by Crippen LogP contribution is -2.61. The number of ether oxygens (including phenoxy) is 2. The molecule has 0 aromatic carbocycles. The van der Waals surface area contributed by atoms with Gasteiger partial charge in [0, 0.05) is 6.42 Å². The summed E-state index contributed by atoms with van der Waals surface area (Å²) in [6, 6.07) is 0. The van der Waals surface area contributed by atoms with Crippen molar-refractivity contribution in [3.63, 3.8) is 0 Å². The van der Waals surface area contributed by atoms with E-state index in [2.05, 4.69) is 0 Å². The molecular formula is C21H31F3O7S. The lowest BCUT2D eigenvalue weighted by Gasteiger charge is -2.60.